The standard InChI is InChI=1S/C14H18ClN3O/c1-9(16)11-4-6-12(7-5-11)19-8-13-10(2)17-18(3)14(13)15/h4-7,9H,8,16H2,1-3H3/t9-/m0/s1. The van der Waals surface area contributed by atoms with Gasteiger partial charge in [0.1, 0.15) is 17.5 Å². The molecule has 0 fully saturated rings. The number of halogens is 1. The molecule has 0 unspecified atom stereocenters. The largest absolute Gasteiger partial charge is 0.489 e. The van der Waals surface area contributed by atoms with E-state index in [1.165, 1.54) is 0 Å². The Morgan fingerprint density at radius 3 is 2.47 bits per heavy atom. The van der Waals surface area contributed by atoms with Crippen LogP contribution in [0.15, 0.2) is 24.3 Å². The van der Waals surface area contributed by atoms with Gasteiger partial charge < -0.3 is 10.5 Å². The Morgan fingerprint density at radius 2 is 2.00 bits per heavy atom. The molecule has 0 amide bonds. The summed E-state index contributed by atoms with van der Waals surface area (Å²) in [6, 6.07) is 7.80. The molecule has 0 aliphatic carbocycles. The van der Waals surface area contributed by atoms with Gasteiger partial charge in [-0.3, -0.25) is 4.68 Å². The lowest BCUT2D eigenvalue weighted by atomic mass is 10.1. The first-order valence-electron chi connectivity index (χ1n) is 6.15. The van der Waals surface area contributed by atoms with Gasteiger partial charge in [-0.05, 0) is 31.5 Å². The zero-order valence-electron chi connectivity index (χ0n) is 11.4. The summed E-state index contributed by atoms with van der Waals surface area (Å²) < 4.78 is 7.37. The van der Waals surface area contributed by atoms with Gasteiger partial charge in [0.05, 0.1) is 5.69 Å². The zero-order valence-corrected chi connectivity index (χ0v) is 12.1. The minimum atomic E-state index is 0.0315. The smallest absolute Gasteiger partial charge is 0.133 e. The van der Waals surface area contributed by atoms with Crippen LogP contribution >= 0.6 is 11.6 Å². The van der Waals surface area contributed by atoms with Crippen LogP contribution in [0.4, 0.5) is 0 Å². The molecular formula is C14H18ClN3O. The maximum atomic E-state index is 6.15. The van der Waals surface area contributed by atoms with E-state index in [0.29, 0.717) is 11.8 Å². The highest BCUT2D eigenvalue weighted by Gasteiger charge is 2.11. The average Bonchev–Trinajstić information content (AvgIpc) is 2.62. The predicted octanol–water partition coefficient (Wildman–Crippen LogP) is 2.98. The van der Waals surface area contributed by atoms with Gasteiger partial charge in [0.25, 0.3) is 0 Å². The Hall–Kier alpha value is -1.52. The molecule has 0 radical (unpaired) electrons. The van der Waals surface area contributed by atoms with Crippen molar-refractivity contribution < 1.29 is 4.74 Å². The first kappa shape index (κ1) is 13.9. The zero-order chi connectivity index (χ0) is 14.0. The first-order valence-corrected chi connectivity index (χ1v) is 6.53. The third-order valence-electron chi connectivity index (χ3n) is 3.06. The summed E-state index contributed by atoms with van der Waals surface area (Å²) in [7, 11) is 1.82. The first-order chi connectivity index (χ1) is 8.99. The lowest BCUT2D eigenvalue weighted by molar-refractivity contribution is 0.305. The highest BCUT2D eigenvalue weighted by Crippen LogP contribution is 2.22. The van der Waals surface area contributed by atoms with Crippen LogP contribution in [0.2, 0.25) is 5.15 Å². The van der Waals surface area contributed by atoms with Crippen LogP contribution in [-0.2, 0) is 13.7 Å². The molecule has 2 N–H and O–H groups in total. The maximum Gasteiger partial charge on any atom is 0.133 e. The molecule has 1 atom stereocenters. The van der Waals surface area contributed by atoms with E-state index in [1.54, 1.807) is 4.68 Å². The fraction of sp³-hybridized carbons (Fsp3) is 0.357. The molecule has 2 rings (SSSR count). The van der Waals surface area contributed by atoms with Gasteiger partial charge in [-0.15, -0.1) is 0 Å². The number of nitrogens with two attached hydrogens (primary N) is 1. The van der Waals surface area contributed by atoms with Crippen molar-refractivity contribution in [2.45, 2.75) is 26.5 Å². The highest BCUT2D eigenvalue weighted by atomic mass is 35.5. The quantitative estimate of drug-likeness (QED) is 0.936. The van der Waals surface area contributed by atoms with Crippen molar-refractivity contribution in [1.82, 2.24) is 9.78 Å². The Labute approximate surface area is 118 Å². The van der Waals surface area contributed by atoms with Gasteiger partial charge in [-0.2, -0.15) is 5.10 Å². The maximum absolute atomic E-state index is 6.15. The average molecular weight is 280 g/mol. The minimum Gasteiger partial charge on any atom is -0.489 e. The van der Waals surface area contributed by atoms with Crippen molar-refractivity contribution in [3.63, 3.8) is 0 Å². The molecule has 0 saturated carbocycles. The summed E-state index contributed by atoms with van der Waals surface area (Å²) in [5.74, 6) is 0.795. The van der Waals surface area contributed by atoms with Crippen molar-refractivity contribution in [2.24, 2.45) is 12.8 Å². The van der Waals surface area contributed by atoms with E-state index in [4.69, 9.17) is 22.1 Å². The van der Waals surface area contributed by atoms with Crippen molar-refractivity contribution in [3.05, 3.63) is 46.2 Å². The SMILES string of the molecule is Cc1nn(C)c(Cl)c1COc1ccc([C@H](C)N)cc1. The van der Waals surface area contributed by atoms with E-state index in [0.717, 1.165) is 22.6 Å². The number of hydrogen-bond donors (Lipinski definition) is 1. The summed E-state index contributed by atoms with van der Waals surface area (Å²) in [5, 5.41) is 4.86. The molecule has 0 bridgehead atoms. The van der Waals surface area contributed by atoms with E-state index >= 15 is 0 Å². The molecule has 0 saturated heterocycles. The Balaban J connectivity index is 2.06. The topological polar surface area (TPSA) is 53.1 Å². The summed E-state index contributed by atoms with van der Waals surface area (Å²) in [4.78, 5) is 0. The number of nitrogens with zero attached hydrogens (tertiary/aromatic N) is 2. The third-order valence-corrected chi connectivity index (χ3v) is 3.53. The van der Waals surface area contributed by atoms with Crippen molar-refractivity contribution >= 4 is 11.6 Å². The fourth-order valence-corrected chi connectivity index (χ4v) is 2.09. The summed E-state index contributed by atoms with van der Waals surface area (Å²) in [5.41, 5.74) is 8.69. The molecule has 1 aromatic carbocycles. The highest BCUT2D eigenvalue weighted by molar-refractivity contribution is 6.30. The molecular weight excluding hydrogens is 262 g/mol. The Bertz CT molecular complexity index is 561. The Morgan fingerprint density at radius 1 is 1.37 bits per heavy atom. The molecule has 0 aliphatic rings. The predicted molar refractivity (Wildman–Crippen MR) is 76.3 cm³/mol. The lowest BCUT2D eigenvalue weighted by Crippen LogP contribution is -2.04. The fourth-order valence-electron chi connectivity index (χ4n) is 1.86. The number of aromatic nitrogens is 2. The van der Waals surface area contributed by atoms with Crippen molar-refractivity contribution in [3.8, 4) is 5.75 Å². The number of ether oxygens (including phenoxy) is 1. The van der Waals surface area contributed by atoms with Crippen LogP contribution in [-0.4, -0.2) is 9.78 Å². The van der Waals surface area contributed by atoms with E-state index < -0.39 is 0 Å². The van der Waals surface area contributed by atoms with Crippen LogP contribution in [0.5, 0.6) is 5.75 Å². The van der Waals surface area contributed by atoms with Crippen molar-refractivity contribution in [2.75, 3.05) is 0 Å². The number of hydrogen-bond acceptors (Lipinski definition) is 3. The summed E-state index contributed by atoms with van der Waals surface area (Å²) in [6.07, 6.45) is 0. The molecule has 1 aromatic heterocycles. The molecule has 102 valence electrons. The van der Waals surface area contributed by atoms with Gasteiger partial charge >= 0.3 is 0 Å². The van der Waals surface area contributed by atoms with Crippen LogP contribution < -0.4 is 10.5 Å². The molecule has 2 aromatic rings. The molecule has 19 heavy (non-hydrogen) atoms. The van der Waals surface area contributed by atoms with Gasteiger partial charge in [0, 0.05) is 18.7 Å². The molecule has 0 spiro atoms. The lowest BCUT2D eigenvalue weighted by Gasteiger charge is -2.09. The number of aryl methyl sites for hydroxylation is 2. The van der Waals surface area contributed by atoms with Crippen LogP contribution in [0, 0.1) is 6.92 Å². The van der Waals surface area contributed by atoms with Crippen LogP contribution in [0.1, 0.15) is 29.8 Å². The van der Waals surface area contributed by atoms with E-state index in [1.807, 2.05) is 45.2 Å². The summed E-state index contributed by atoms with van der Waals surface area (Å²) in [6.45, 7) is 4.29. The van der Waals surface area contributed by atoms with Crippen LogP contribution in [0.25, 0.3) is 0 Å². The van der Waals surface area contributed by atoms with Crippen molar-refractivity contribution in [1.29, 1.82) is 0 Å². The van der Waals surface area contributed by atoms with Gasteiger partial charge in [-0.1, -0.05) is 23.7 Å². The van der Waals surface area contributed by atoms with E-state index in [-0.39, 0.29) is 6.04 Å². The number of rotatable bonds is 4. The third kappa shape index (κ3) is 3.08. The monoisotopic (exact) mass is 279 g/mol. The van der Waals surface area contributed by atoms with Gasteiger partial charge in [-0.25, -0.2) is 0 Å². The van der Waals surface area contributed by atoms with Crippen LogP contribution in [0.3, 0.4) is 0 Å². The Kier molecular flexibility index (Phi) is 4.12. The normalized spacial score (nSPS) is 12.5. The molecule has 1 heterocycles. The summed E-state index contributed by atoms with van der Waals surface area (Å²) >= 11 is 6.15. The molecule has 4 nitrogen and oxygen atoms in total. The molecule has 5 heteroatoms. The van der Waals surface area contributed by atoms with E-state index in [2.05, 4.69) is 5.10 Å². The van der Waals surface area contributed by atoms with E-state index in [9.17, 15) is 0 Å². The second-order valence-electron chi connectivity index (χ2n) is 4.62. The number of benzene rings is 1. The van der Waals surface area contributed by atoms with Gasteiger partial charge in [0.2, 0.25) is 0 Å². The second kappa shape index (κ2) is 5.63. The minimum absolute atomic E-state index is 0.0315. The van der Waals surface area contributed by atoms with Gasteiger partial charge in [0.15, 0.2) is 0 Å². The second-order valence-corrected chi connectivity index (χ2v) is 4.98. The molecule has 0 aliphatic heterocycles.